The zero-order valence-electron chi connectivity index (χ0n) is 8.38. The lowest BCUT2D eigenvalue weighted by molar-refractivity contribution is -0.258. The molecular weight excluding hydrogens is 223 g/mol. The highest BCUT2D eigenvalue weighted by molar-refractivity contribution is 5.92. The molecule has 0 spiro atoms. The average Bonchev–Trinajstić information content (AvgIpc) is 2.16. The van der Waals surface area contributed by atoms with E-state index in [-0.39, 0.29) is 11.1 Å². The highest BCUT2D eigenvalue weighted by atomic mass is 19.4. The van der Waals surface area contributed by atoms with Crippen molar-refractivity contribution in [1.82, 2.24) is 0 Å². The SMILES string of the molecule is CC(O)(c1ccc(C(N)=O)cc1)C(F)(F)F. The largest absolute Gasteiger partial charge is 0.421 e. The van der Waals surface area contributed by atoms with Gasteiger partial charge in [0.05, 0.1) is 0 Å². The second-order valence-corrected chi connectivity index (χ2v) is 3.51. The van der Waals surface area contributed by atoms with Gasteiger partial charge in [0.1, 0.15) is 0 Å². The van der Waals surface area contributed by atoms with E-state index in [0.717, 1.165) is 24.3 Å². The van der Waals surface area contributed by atoms with Crippen LogP contribution in [-0.2, 0) is 5.60 Å². The van der Waals surface area contributed by atoms with E-state index in [1.807, 2.05) is 0 Å². The first kappa shape index (κ1) is 12.5. The maximum absolute atomic E-state index is 12.4. The maximum Gasteiger partial charge on any atom is 0.421 e. The van der Waals surface area contributed by atoms with Crippen LogP contribution in [0.25, 0.3) is 0 Å². The van der Waals surface area contributed by atoms with Gasteiger partial charge < -0.3 is 10.8 Å². The highest BCUT2D eigenvalue weighted by Gasteiger charge is 2.51. The number of primary amides is 1. The molecule has 88 valence electrons. The van der Waals surface area contributed by atoms with Crippen molar-refractivity contribution in [1.29, 1.82) is 0 Å². The fraction of sp³-hybridized carbons (Fsp3) is 0.300. The number of alkyl halides is 3. The molecule has 0 aliphatic carbocycles. The molecule has 0 aromatic heterocycles. The molecule has 0 bridgehead atoms. The van der Waals surface area contributed by atoms with Gasteiger partial charge in [-0.3, -0.25) is 4.79 Å². The first-order valence-corrected chi connectivity index (χ1v) is 4.35. The van der Waals surface area contributed by atoms with Gasteiger partial charge in [-0.1, -0.05) is 12.1 Å². The summed E-state index contributed by atoms with van der Waals surface area (Å²) in [5.74, 6) is -0.738. The summed E-state index contributed by atoms with van der Waals surface area (Å²) in [6.07, 6.45) is -4.78. The molecular formula is C10H10F3NO2. The van der Waals surface area contributed by atoms with Crippen LogP contribution in [0.1, 0.15) is 22.8 Å². The van der Waals surface area contributed by atoms with Crippen LogP contribution in [-0.4, -0.2) is 17.2 Å². The van der Waals surface area contributed by atoms with Crippen LogP contribution in [0.3, 0.4) is 0 Å². The Balaban J connectivity index is 3.11. The van der Waals surface area contributed by atoms with Crippen LogP contribution in [0.2, 0.25) is 0 Å². The molecule has 3 N–H and O–H groups in total. The summed E-state index contributed by atoms with van der Waals surface area (Å²) in [6, 6.07) is 4.32. The fourth-order valence-corrected chi connectivity index (χ4v) is 1.12. The number of carbonyl (C=O) groups excluding carboxylic acids is 1. The Morgan fingerprint density at radius 2 is 1.69 bits per heavy atom. The molecule has 3 nitrogen and oxygen atoms in total. The van der Waals surface area contributed by atoms with E-state index in [0.29, 0.717) is 6.92 Å². The summed E-state index contributed by atoms with van der Waals surface area (Å²) >= 11 is 0. The lowest BCUT2D eigenvalue weighted by Gasteiger charge is -2.26. The standard InChI is InChI=1S/C10H10F3NO2/c1-9(16,10(11,12)13)7-4-2-6(3-5-7)8(14)15/h2-5,16H,1H3,(H2,14,15). The Morgan fingerprint density at radius 3 is 2.00 bits per heavy atom. The minimum Gasteiger partial charge on any atom is -0.376 e. The smallest absolute Gasteiger partial charge is 0.376 e. The van der Waals surface area contributed by atoms with Crippen molar-refractivity contribution < 1.29 is 23.1 Å². The molecule has 1 aromatic carbocycles. The Kier molecular flexibility index (Phi) is 2.96. The number of rotatable bonds is 2. The van der Waals surface area contributed by atoms with E-state index >= 15 is 0 Å². The van der Waals surface area contributed by atoms with Gasteiger partial charge in [-0.05, 0) is 24.6 Å². The molecule has 0 saturated carbocycles. The van der Waals surface area contributed by atoms with Crippen molar-refractivity contribution in [3.8, 4) is 0 Å². The van der Waals surface area contributed by atoms with Gasteiger partial charge in [-0.25, -0.2) is 0 Å². The van der Waals surface area contributed by atoms with Crippen molar-refractivity contribution >= 4 is 5.91 Å². The maximum atomic E-state index is 12.4. The van der Waals surface area contributed by atoms with E-state index in [4.69, 9.17) is 5.73 Å². The number of amides is 1. The van der Waals surface area contributed by atoms with Crippen LogP contribution >= 0.6 is 0 Å². The zero-order valence-corrected chi connectivity index (χ0v) is 8.38. The molecule has 1 amide bonds. The third kappa shape index (κ3) is 2.16. The summed E-state index contributed by atoms with van der Waals surface area (Å²) in [5.41, 5.74) is 1.74. The highest BCUT2D eigenvalue weighted by Crippen LogP contribution is 2.38. The van der Waals surface area contributed by atoms with Gasteiger partial charge in [0, 0.05) is 5.56 Å². The second-order valence-electron chi connectivity index (χ2n) is 3.51. The summed E-state index contributed by atoms with van der Waals surface area (Å²) in [4.78, 5) is 10.7. The Morgan fingerprint density at radius 1 is 1.25 bits per heavy atom. The Labute approximate surface area is 89.7 Å². The number of hydrogen-bond donors (Lipinski definition) is 2. The van der Waals surface area contributed by atoms with E-state index in [1.165, 1.54) is 0 Å². The first-order valence-electron chi connectivity index (χ1n) is 4.35. The number of carbonyl (C=O) groups is 1. The van der Waals surface area contributed by atoms with Crippen LogP contribution < -0.4 is 5.73 Å². The van der Waals surface area contributed by atoms with Crippen molar-refractivity contribution in [2.75, 3.05) is 0 Å². The fourth-order valence-electron chi connectivity index (χ4n) is 1.12. The van der Waals surface area contributed by atoms with E-state index in [1.54, 1.807) is 0 Å². The van der Waals surface area contributed by atoms with Crippen molar-refractivity contribution in [2.45, 2.75) is 18.7 Å². The molecule has 0 aliphatic rings. The molecule has 16 heavy (non-hydrogen) atoms. The third-order valence-corrected chi connectivity index (χ3v) is 2.28. The minimum absolute atomic E-state index is 0.0849. The first-order chi connectivity index (χ1) is 7.16. The van der Waals surface area contributed by atoms with Crippen LogP contribution in [0.15, 0.2) is 24.3 Å². The normalized spacial score (nSPS) is 15.6. The molecule has 1 atom stereocenters. The number of aliphatic hydroxyl groups is 1. The monoisotopic (exact) mass is 233 g/mol. The van der Waals surface area contributed by atoms with E-state index in [9.17, 15) is 23.1 Å². The Hall–Kier alpha value is -1.56. The van der Waals surface area contributed by atoms with Gasteiger partial charge in [-0.15, -0.1) is 0 Å². The predicted molar refractivity (Wildman–Crippen MR) is 50.6 cm³/mol. The van der Waals surface area contributed by atoms with E-state index in [2.05, 4.69) is 0 Å². The molecule has 6 heteroatoms. The molecule has 0 heterocycles. The average molecular weight is 233 g/mol. The van der Waals surface area contributed by atoms with Gasteiger partial charge in [0.2, 0.25) is 5.91 Å². The molecule has 0 saturated heterocycles. The van der Waals surface area contributed by atoms with Crippen LogP contribution in [0, 0.1) is 0 Å². The number of halogens is 3. The second kappa shape index (κ2) is 3.79. The molecule has 1 aromatic rings. The summed E-state index contributed by atoms with van der Waals surface area (Å²) in [7, 11) is 0. The number of benzene rings is 1. The minimum atomic E-state index is -4.78. The number of nitrogens with two attached hydrogens (primary N) is 1. The lowest BCUT2D eigenvalue weighted by Crippen LogP contribution is -2.39. The summed E-state index contributed by atoms with van der Waals surface area (Å²) < 4.78 is 37.3. The molecule has 0 fully saturated rings. The third-order valence-electron chi connectivity index (χ3n) is 2.28. The Bertz CT molecular complexity index is 396. The predicted octanol–water partition coefficient (Wildman–Crippen LogP) is 1.56. The molecule has 0 radical (unpaired) electrons. The van der Waals surface area contributed by atoms with Gasteiger partial charge >= 0.3 is 6.18 Å². The zero-order chi connectivity index (χ0) is 12.6. The quantitative estimate of drug-likeness (QED) is 0.814. The topological polar surface area (TPSA) is 63.3 Å². The molecule has 0 aliphatic heterocycles. The summed E-state index contributed by atoms with van der Waals surface area (Å²) in [6.45, 7) is 0.645. The van der Waals surface area contributed by atoms with Crippen molar-refractivity contribution in [3.63, 3.8) is 0 Å². The summed E-state index contributed by atoms with van der Waals surface area (Å²) in [5, 5.41) is 9.31. The molecule has 1 unspecified atom stereocenters. The van der Waals surface area contributed by atoms with Gasteiger partial charge in [0.25, 0.3) is 0 Å². The van der Waals surface area contributed by atoms with Crippen LogP contribution in [0.4, 0.5) is 13.2 Å². The van der Waals surface area contributed by atoms with Gasteiger partial charge in [-0.2, -0.15) is 13.2 Å². The van der Waals surface area contributed by atoms with Gasteiger partial charge in [0.15, 0.2) is 5.60 Å². The van der Waals surface area contributed by atoms with Crippen molar-refractivity contribution in [2.24, 2.45) is 5.73 Å². The van der Waals surface area contributed by atoms with Crippen LogP contribution in [0.5, 0.6) is 0 Å². The van der Waals surface area contributed by atoms with E-state index < -0.39 is 17.7 Å². The molecule has 1 rings (SSSR count). The lowest BCUT2D eigenvalue weighted by atomic mass is 9.94. The number of hydrogen-bond acceptors (Lipinski definition) is 2. The van der Waals surface area contributed by atoms with Crippen molar-refractivity contribution in [3.05, 3.63) is 35.4 Å².